The Morgan fingerprint density at radius 2 is 2.00 bits per heavy atom. The molecule has 1 aromatic rings. The fourth-order valence-electron chi connectivity index (χ4n) is 1.47. The molecule has 1 amide bonds. The minimum absolute atomic E-state index is 0.163. The largest absolute Gasteiger partial charge is 0.466 e. The molecule has 0 radical (unpaired) electrons. The molecule has 0 aliphatic heterocycles. The van der Waals surface area contributed by atoms with Gasteiger partial charge >= 0.3 is 5.97 Å². The maximum Gasteiger partial charge on any atom is 0.335 e. The van der Waals surface area contributed by atoms with E-state index in [1.165, 1.54) is 14.0 Å². The number of benzene rings is 1. The monoisotopic (exact) mass is 247 g/mol. The fraction of sp³-hybridized carbons (Fsp3) is 0.286. The van der Waals surface area contributed by atoms with Crippen molar-refractivity contribution in [2.24, 2.45) is 0 Å². The highest BCUT2D eigenvalue weighted by atomic mass is 16.5. The first-order valence-electron chi connectivity index (χ1n) is 5.63. The summed E-state index contributed by atoms with van der Waals surface area (Å²) in [6.45, 7) is 3.53. The molecule has 1 rings (SSSR count). The van der Waals surface area contributed by atoms with Gasteiger partial charge in [-0.15, -0.1) is 0 Å². The Kier molecular flexibility index (Phi) is 5.11. The molecule has 0 atom stereocenters. The summed E-state index contributed by atoms with van der Waals surface area (Å²) in [7, 11) is 1.32. The number of carbonyl (C=O) groups excluding carboxylic acids is 2. The van der Waals surface area contributed by atoms with Gasteiger partial charge in [0, 0.05) is 13.5 Å². The lowest BCUT2D eigenvalue weighted by Gasteiger charge is -2.07. The molecule has 0 spiro atoms. The molecular formula is C14H17NO3. The predicted molar refractivity (Wildman–Crippen MR) is 69.9 cm³/mol. The first-order chi connectivity index (χ1) is 8.54. The van der Waals surface area contributed by atoms with Crippen LogP contribution in [0.2, 0.25) is 0 Å². The van der Waals surface area contributed by atoms with E-state index < -0.39 is 5.97 Å². The molecule has 0 aliphatic rings. The van der Waals surface area contributed by atoms with Gasteiger partial charge in [0.05, 0.1) is 12.7 Å². The van der Waals surface area contributed by atoms with Gasteiger partial charge in [0.1, 0.15) is 0 Å². The van der Waals surface area contributed by atoms with Crippen molar-refractivity contribution in [1.82, 2.24) is 5.32 Å². The van der Waals surface area contributed by atoms with Crippen molar-refractivity contribution in [3.8, 4) is 0 Å². The van der Waals surface area contributed by atoms with Gasteiger partial charge in [0.25, 0.3) is 0 Å². The van der Waals surface area contributed by atoms with Crippen LogP contribution < -0.4 is 5.32 Å². The third kappa shape index (κ3) is 4.05. The minimum atomic E-state index is -0.438. The molecule has 1 N–H and O–H groups in total. The van der Waals surface area contributed by atoms with Crippen LogP contribution in [0.1, 0.15) is 18.1 Å². The van der Waals surface area contributed by atoms with Crippen LogP contribution in [0, 0.1) is 6.92 Å². The molecule has 4 nitrogen and oxygen atoms in total. The lowest BCUT2D eigenvalue weighted by molar-refractivity contribution is -0.136. The van der Waals surface area contributed by atoms with E-state index in [-0.39, 0.29) is 12.5 Å². The molecule has 0 saturated heterocycles. The molecular weight excluding hydrogens is 230 g/mol. The zero-order valence-electron chi connectivity index (χ0n) is 10.8. The first kappa shape index (κ1) is 14.0. The summed E-state index contributed by atoms with van der Waals surface area (Å²) in [6, 6.07) is 7.69. The van der Waals surface area contributed by atoms with Crippen LogP contribution in [-0.4, -0.2) is 25.5 Å². The second kappa shape index (κ2) is 6.59. The van der Waals surface area contributed by atoms with Gasteiger partial charge in [0.15, 0.2) is 0 Å². The van der Waals surface area contributed by atoms with Gasteiger partial charge in [-0.05, 0) is 24.1 Å². The SMILES string of the molecule is COC(=O)/C(=C/c1ccccc1C)CNC(C)=O. The van der Waals surface area contributed by atoms with Crippen molar-refractivity contribution in [2.45, 2.75) is 13.8 Å². The Labute approximate surface area is 107 Å². The second-order valence-corrected chi connectivity index (χ2v) is 3.93. The van der Waals surface area contributed by atoms with Crippen LogP contribution in [0.5, 0.6) is 0 Å². The Bertz CT molecular complexity index is 478. The van der Waals surface area contributed by atoms with Crippen molar-refractivity contribution >= 4 is 18.0 Å². The summed E-state index contributed by atoms with van der Waals surface area (Å²) >= 11 is 0. The zero-order valence-corrected chi connectivity index (χ0v) is 10.8. The van der Waals surface area contributed by atoms with E-state index in [0.29, 0.717) is 5.57 Å². The van der Waals surface area contributed by atoms with Gasteiger partial charge in [-0.3, -0.25) is 4.79 Å². The van der Waals surface area contributed by atoms with Gasteiger partial charge in [-0.1, -0.05) is 24.3 Å². The van der Waals surface area contributed by atoms with E-state index in [4.69, 9.17) is 4.74 Å². The molecule has 0 saturated carbocycles. The number of amides is 1. The fourth-order valence-corrected chi connectivity index (χ4v) is 1.47. The van der Waals surface area contributed by atoms with E-state index in [2.05, 4.69) is 5.32 Å². The van der Waals surface area contributed by atoms with E-state index in [0.717, 1.165) is 11.1 Å². The lowest BCUT2D eigenvalue weighted by atomic mass is 10.1. The van der Waals surface area contributed by atoms with E-state index in [1.54, 1.807) is 6.08 Å². The number of methoxy groups -OCH3 is 1. The summed E-state index contributed by atoms with van der Waals surface area (Å²) in [5, 5.41) is 2.59. The van der Waals surface area contributed by atoms with E-state index in [9.17, 15) is 9.59 Å². The minimum Gasteiger partial charge on any atom is -0.466 e. The third-order valence-electron chi connectivity index (χ3n) is 2.49. The van der Waals surface area contributed by atoms with Crippen molar-refractivity contribution < 1.29 is 14.3 Å². The maximum atomic E-state index is 11.6. The number of carbonyl (C=O) groups is 2. The maximum absolute atomic E-state index is 11.6. The number of aryl methyl sites for hydroxylation is 1. The molecule has 1 aromatic carbocycles. The summed E-state index contributed by atoms with van der Waals surface area (Å²) in [5.41, 5.74) is 2.41. The van der Waals surface area contributed by atoms with Gasteiger partial charge in [-0.2, -0.15) is 0 Å². The number of nitrogens with one attached hydrogen (secondary N) is 1. The predicted octanol–water partition coefficient (Wildman–Crippen LogP) is 1.69. The quantitative estimate of drug-likeness (QED) is 0.650. The van der Waals surface area contributed by atoms with Crippen molar-refractivity contribution in [3.05, 3.63) is 41.0 Å². The van der Waals surface area contributed by atoms with E-state index in [1.807, 2.05) is 31.2 Å². The summed E-state index contributed by atoms with van der Waals surface area (Å²) in [5.74, 6) is -0.624. The number of hydrogen-bond donors (Lipinski definition) is 1. The number of esters is 1. The summed E-state index contributed by atoms with van der Waals surface area (Å²) in [6.07, 6.45) is 1.73. The van der Waals surface area contributed by atoms with Crippen LogP contribution in [0.25, 0.3) is 6.08 Å². The van der Waals surface area contributed by atoms with Crippen LogP contribution in [0.4, 0.5) is 0 Å². The molecule has 0 heterocycles. The van der Waals surface area contributed by atoms with Crippen molar-refractivity contribution in [1.29, 1.82) is 0 Å². The molecule has 0 aliphatic carbocycles. The smallest absolute Gasteiger partial charge is 0.335 e. The van der Waals surface area contributed by atoms with Crippen molar-refractivity contribution in [3.63, 3.8) is 0 Å². The van der Waals surface area contributed by atoms with Crippen LogP contribution in [0.15, 0.2) is 29.8 Å². The third-order valence-corrected chi connectivity index (χ3v) is 2.49. The van der Waals surface area contributed by atoms with Crippen LogP contribution >= 0.6 is 0 Å². The molecule has 0 unspecified atom stereocenters. The number of hydrogen-bond acceptors (Lipinski definition) is 3. The molecule has 0 fully saturated rings. The van der Waals surface area contributed by atoms with Gasteiger partial charge < -0.3 is 10.1 Å². The Balaban J connectivity index is 2.98. The van der Waals surface area contributed by atoms with Gasteiger partial charge in [-0.25, -0.2) is 4.79 Å². The normalized spacial score (nSPS) is 10.9. The highest BCUT2D eigenvalue weighted by Gasteiger charge is 2.10. The highest BCUT2D eigenvalue weighted by molar-refractivity contribution is 5.95. The Morgan fingerprint density at radius 1 is 1.33 bits per heavy atom. The molecule has 4 heteroatoms. The van der Waals surface area contributed by atoms with E-state index >= 15 is 0 Å². The average molecular weight is 247 g/mol. The number of ether oxygens (including phenoxy) is 1. The average Bonchev–Trinajstić information content (AvgIpc) is 2.35. The Hall–Kier alpha value is -2.10. The van der Waals surface area contributed by atoms with Gasteiger partial charge in [0.2, 0.25) is 5.91 Å². The summed E-state index contributed by atoms with van der Waals surface area (Å²) < 4.78 is 4.70. The molecule has 0 aromatic heterocycles. The zero-order chi connectivity index (χ0) is 13.5. The lowest BCUT2D eigenvalue weighted by Crippen LogP contribution is -2.25. The number of rotatable bonds is 4. The van der Waals surface area contributed by atoms with Crippen LogP contribution in [0.3, 0.4) is 0 Å². The standard InChI is InChI=1S/C14H17NO3/c1-10-6-4-5-7-12(10)8-13(14(17)18-3)9-15-11(2)16/h4-8H,9H2,1-3H3,(H,15,16)/b13-8+. The first-order valence-corrected chi connectivity index (χ1v) is 5.63. The highest BCUT2D eigenvalue weighted by Crippen LogP contribution is 2.12. The topological polar surface area (TPSA) is 55.4 Å². The summed E-state index contributed by atoms with van der Waals surface area (Å²) in [4.78, 5) is 22.5. The molecule has 96 valence electrons. The second-order valence-electron chi connectivity index (χ2n) is 3.93. The molecule has 0 bridgehead atoms. The van der Waals surface area contributed by atoms with Crippen LogP contribution in [-0.2, 0) is 14.3 Å². The Morgan fingerprint density at radius 3 is 2.56 bits per heavy atom. The van der Waals surface area contributed by atoms with Crippen molar-refractivity contribution in [2.75, 3.05) is 13.7 Å². The molecule has 18 heavy (non-hydrogen) atoms.